The van der Waals surface area contributed by atoms with Gasteiger partial charge in [-0.2, -0.15) is 5.26 Å². The standard InChI is InChI=1S/C23H22ClN5O/c1-2-3-6-21-27-23(24)19(15-30)29(21)14-16-8-10-17(11-9-16)22-18(13-25)28-12-5-4-7-20(28)26-22/h4-5,7-12,30H,2-3,6,14-15H2,1H3. The topological polar surface area (TPSA) is 79.1 Å². The molecule has 30 heavy (non-hydrogen) atoms. The van der Waals surface area contributed by atoms with Gasteiger partial charge in [-0.25, -0.2) is 9.97 Å². The molecule has 6 nitrogen and oxygen atoms in total. The number of hydrogen-bond donors (Lipinski definition) is 1. The summed E-state index contributed by atoms with van der Waals surface area (Å²) < 4.78 is 3.79. The molecule has 7 heteroatoms. The summed E-state index contributed by atoms with van der Waals surface area (Å²) in [6.07, 6.45) is 4.74. The molecule has 0 aliphatic carbocycles. The molecule has 1 aromatic carbocycles. The summed E-state index contributed by atoms with van der Waals surface area (Å²) in [5.41, 5.74) is 4.51. The molecule has 3 aromatic heterocycles. The first-order chi connectivity index (χ1) is 14.7. The van der Waals surface area contributed by atoms with Crippen LogP contribution in [0.4, 0.5) is 0 Å². The van der Waals surface area contributed by atoms with Crippen molar-refractivity contribution < 1.29 is 5.11 Å². The molecular weight excluding hydrogens is 398 g/mol. The average Bonchev–Trinajstić information content (AvgIpc) is 3.29. The zero-order valence-corrected chi connectivity index (χ0v) is 17.5. The molecule has 0 amide bonds. The molecule has 3 heterocycles. The van der Waals surface area contributed by atoms with Crippen LogP contribution in [-0.4, -0.2) is 24.0 Å². The fourth-order valence-electron chi connectivity index (χ4n) is 3.62. The predicted molar refractivity (Wildman–Crippen MR) is 116 cm³/mol. The number of halogens is 1. The SMILES string of the molecule is CCCCc1nc(Cl)c(CO)n1Cc1ccc(-c2nc3ccccn3c2C#N)cc1. The highest BCUT2D eigenvalue weighted by molar-refractivity contribution is 6.30. The van der Waals surface area contributed by atoms with Gasteiger partial charge in [-0.15, -0.1) is 0 Å². The first-order valence-corrected chi connectivity index (χ1v) is 10.3. The van der Waals surface area contributed by atoms with Gasteiger partial charge < -0.3 is 9.67 Å². The van der Waals surface area contributed by atoms with Gasteiger partial charge in [-0.05, 0) is 24.1 Å². The van der Waals surface area contributed by atoms with Crippen LogP contribution in [0.25, 0.3) is 16.9 Å². The third kappa shape index (κ3) is 3.70. The number of hydrogen-bond acceptors (Lipinski definition) is 4. The number of unbranched alkanes of at least 4 members (excludes halogenated alkanes) is 1. The zero-order chi connectivity index (χ0) is 21.1. The van der Waals surface area contributed by atoms with Crippen molar-refractivity contribution in [3.05, 3.63) is 76.6 Å². The molecule has 0 radical (unpaired) electrons. The minimum Gasteiger partial charge on any atom is -0.390 e. The molecule has 152 valence electrons. The lowest BCUT2D eigenvalue weighted by atomic mass is 10.1. The summed E-state index contributed by atoms with van der Waals surface area (Å²) in [5.74, 6) is 0.891. The molecule has 0 unspecified atom stereocenters. The molecule has 4 aromatic rings. The molecule has 0 saturated carbocycles. The van der Waals surface area contributed by atoms with Crippen molar-refractivity contribution in [2.24, 2.45) is 0 Å². The monoisotopic (exact) mass is 419 g/mol. The van der Waals surface area contributed by atoms with Crippen LogP contribution in [-0.2, 0) is 19.6 Å². The van der Waals surface area contributed by atoms with Gasteiger partial charge in [0.05, 0.1) is 12.3 Å². The Morgan fingerprint density at radius 1 is 1.13 bits per heavy atom. The van der Waals surface area contributed by atoms with Crippen molar-refractivity contribution in [3.8, 4) is 17.3 Å². The molecule has 0 saturated heterocycles. The molecule has 0 spiro atoms. The van der Waals surface area contributed by atoms with Crippen LogP contribution < -0.4 is 0 Å². The molecule has 0 bridgehead atoms. The Morgan fingerprint density at radius 2 is 1.93 bits per heavy atom. The number of nitriles is 1. The van der Waals surface area contributed by atoms with E-state index in [2.05, 4.69) is 23.0 Å². The lowest BCUT2D eigenvalue weighted by Crippen LogP contribution is -2.09. The highest BCUT2D eigenvalue weighted by atomic mass is 35.5. The first-order valence-electron chi connectivity index (χ1n) is 9.97. The van der Waals surface area contributed by atoms with E-state index >= 15 is 0 Å². The second kappa shape index (κ2) is 8.70. The quantitative estimate of drug-likeness (QED) is 0.474. The molecule has 0 fully saturated rings. The Morgan fingerprint density at radius 3 is 2.63 bits per heavy atom. The number of aliphatic hydroxyl groups excluding tert-OH is 1. The van der Waals surface area contributed by atoms with Gasteiger partial charge in [-0.3, -0.25) is 4.40 Å². The number of aliphatic hydroxyl groups is 1. The van der Waals surface area contributed by atoms with Gasteiger partial charge in [0.1, 0.15) is 23.2 Å². The maximum atomic E-state index is 9.75. The van der Waals surface area contributed by atoms with Gasteiger partial charge in [-0.1, -0.05) is 55.3 Å². The molecule has 4 rings (SSSR count). The summed E-state index contributed by atoms with van der Waals surface area (Å²) in [6, 6.07) is 15.9. The normalized spacial score (nSPS) is 11.1. The number of fused-ring (bicyclic) bond motifs is 1. The van der Waals surface area contributed by atoms with E-state index in [9.17, 15) is 10.4 Å². The second-order valence-electron chi connectivity index (χ2n) is 7.16. The number of aromatic nitrogens is 4. The van der Waals surface area contributed by atoms with Crippen LogP contribution in [0.3, 0.4) is 0 Å². The Balaban J connectivity index is 1.65. The highest BCUT2D eigenvalue weighted by Gasteiger charge is 2.16. The maximum absolute atomic E-state index is 9.75. The summed E-state index contributed by atoms with van der Waals surface area (Å²) in [6.45, 7) is 2.56. The molecule has 0 atom stereocenters. The van der Waals surface area contributed by atoms with Crippen molar-refractivity contribution in [2.75, 3.05) is 0 Å². The fourth-order valence-corrected chi connectivity index (χ4v) is 3.88. The van der Waals surface area contributed by atoms with E-state index in [1.807, 2.05) is 53.2 Å². The van der Waals surface area contributed by atoms with Crippen LogP contribution in [0.2, 0.25) is 5.15 Å². The maximum Gasteiger partial charge on any atom is 0.152 e. The van der Waals surface area contributed by atoms with Gasteiger partial charge >= 0.3 is 0 Å². The van der Waals surface area contributed by atoms with Crippen molar-refractivity contribution in [1.29, 1.82) is 5.26 Å². The molecular formula is C23H22ClN5O. The number of nitrogens with zero attached hydrogens (tertiary/aromatic N) is 5. The third-order valence-electron chi connectivity index (χ3n) is 5.21. The Bertz CT molecular complexity index is 1220. The number of benzene rings is 1. The smallest absolute Gasteiger partial charge is 0.152 e. The van der Waals surface area contributed by atoms with Gasteiger partial charge in [0.15, 0.2) is 10.8 Å². The van der Waals surface area contributed by atoms with E-state index in [1.165, 1.54) is 0 Å². The van der Waals surface area contributed by atoms with Gasteiger partial charge in [0, 0.05) is 24.7 Å². The third-order valence-corrected chi connectivity index (χ3v) is 5.51. The number of pyridine rings is 1. The lowest BCUT2D eigenvalue weighted by molar-refractivity contribution is 0.271. The largest absolute Gasteiger partial charge is 0.390 e. The van der Waals surface area contributed by atoms with E-state index < -0.39 is 0 Å². The first kappa shape index (κ1) is 20.1. The van der Waals surface area contributed by atoms with E-state index in [4.69, 9.17) is 11.6 Å². The van der Waals surface area contributed by atoms with Crippen molar-refractivity contribution in [3.63, 3.8) is 0 Å². The van der Waals surface area contributed by atoms with Crippen LogP contribution in [0.5, 0.6) is 0 Å². The lowest BCUT2D eigenvalue weighted by Gasteiger charge is -2.11. The Kier molecular flexibility index (Phi) is 5.84. The minimum atomic E-state index is -0.150. The summed E-state index contributed by atoms with van der Waals surface area (Å²) in [7, 11) is 0. The summed E-state index contributed by atoms with van der Waals surface area (Å²) >= 11 is 6.24. The zero-order valence-electron chi connectivity index (χ0n) is 16.7. The van der Waals surface area contributed by atoms with Crippen molar-refractivity contribution >= 4 is 17.2 Å². The van der Waals surface area contributed by atoms with Crippen LogP contribution in [0, 0.1) is 11.3 Å². The molecule has 1 N–H and O–H groups in total. The summed E-state index contributed by atoms with van der Waals surface area (Å²) in [4.78, 5) is 9.07. The van der Waals surface area contributed by atoms with Crippen molar-refractivity contribution in [2.45, 2.75) is 39.3 Å². The Labute approximate surface area is 180 Å². The minimum absolute atomic E-state index is 0.150. The Hall–Kier alpha value is -3.14. The summed E-state index contributed by atoms with van der Waals surface area (Å²) in [5, 5.41) is 19.7. The highest BCUT2D eigenvalue weighted by Crippen LogP contribution is 2.26. The van der Waals surface area contributed by atoms with Crippen molar-refractivity contribution in [1.82, 2.24) is 18.9 Å². The number of rotatable bonds is 7. The van der Waals surface area contributed by atoms with Gasteiger partial charge in [0.2, 0.25) is 0 Å². The van der Waals surface area contributed by atoms with Gasteiger partial charge in [0.25, 0.3) is 0 Å². The van der Waals surface area contributed by atoms with E-state index in [0.717, 1.165) is 41.9 Å². The van der Waals surface area contributed by atoms with Crippen LogP contribution >= 0.6 is 11.6 Å². The van der Waals surface area contributed by atoms with E-state index in [0.29, 0.717) is 28.8 Å². The average molecular weight is 420 g/mol. The number of imidazole rings is 2. The van der Waals surface area contributed by atoms with Crippen LogP contribution in [0.1, 0.15) is 42.5 Å². The van der Waals surface area contributed by atoms with E-state index in [1.54, 1.807) is 4.40 Å². The number of aryl methyl sites for hydroxylation is 1. The predicted octanol–water partition coefficient (Wildman–Crippen LogP) is 4.61. The van der Waals surface area contributed by atoms with Crippen LogP contribution in [0.15, 0.2) is 48.7 Å². The van der Waals surface area contributed by atoms with E-state index in [-0.39, 0.29) is 6.61 Å². The fraction of sp³-hybridized carbons (Fsp3) is 0.261. The molecule has 0 aliphatic rings. The molecule has 0 aliphatic heterocycles. The second-order valence-corrected chi connectivity index (χ2v) is 7.52.